The van der Waals surface area contributed by atoms with Crippen molar-refractivity contribution in [2.75, 3.05) is 23.3 Å². The number of ketones is 1. The standard InChI is InChI=1S/C19H19N3O3/c23-17(14-6-8-16(9-7-14)21-19(24)25)11-10-15-4-3-5-18(20-15)22-12-1-2-13-22/h3-11,21H,1-2,12-13H2,(H,24,25)/b11-10+. The normalized spacial score (nSPS) is 14.0. The van der Waals surface area contributed by atoms with Crippen molar-refractivity contribution in [3.8, 4) is 0 Å². The van der Waals surface area contributed by atoms with Gasteiger partial charge in [-0.3, -0.25) is 10.1 Å². The van der Waals surface area contributed by atoms with E-state index in [1.54, 1.807) is 30.3 Å². The summed E-state index contributed by atoms with van der Waals surface area (Å²) in [5.41, 5.74) is 1.65. The zero-order chi connectivity index (χ0) is 17.6. The average molecular weight is 337 g/mol. The van der Waals surface area contributed by atoms with Crippen LogP contribution in [0, 0.1) is 0 Å². The molecule has 0 saturated carbocycles. The fourth-order valence-corrected chi connectivity index (χ4v) is 2.75. The molecular weight excluding hydrogens is 318 g/mol. The van der Waals surface area contributed by atoms with Crippen LogP contribution in [0.2, 0.25) is 0 Å². The van der Waals surface area contributed by atoms with Gasteiger partial charge in [0.1, 0.15) is 5.82 Å². The zero-order valence-electron chi connectivity index (χ0n) is 13.7. The Hall–Kier alpha value is -3.15. The van der Waals surface area contributed by atoms with Crippen molar-refractivity contribution in [3.05, 3.63) is 59.8 Å². The molecule has 25 heavy (non-hydrogen) atoms. The van der Waals surface area contributed by atoms with Gasteiger partial charge in [0.15, 0.2) is 5.78 Å². The second-order valence-electron chi connectivity index (χ2n) is 5.82. The van der Waals surface area contributed by atoms with Crippen molar-refractivity contribution < 1.29 is 14.7 Å². The van der Waals surface area contributed by atoms with Gasteiger partial charge in [-0.15, -0.1) is 0 Å². The van der Waals surface area contributed by atoms with E-state index in [-0.39, 0.29) is 5.78 Å². The molecule has 6 nitrogen and oxygen atoms in total. The van der Waals surface area contributed by atoms with Crippen LogP contribution in [0.4, 0.5) is 16.3 Å². The summed E-state index contributed by atoms with van der Waals surface area (Å²) < 4.78 is 0. The van der Waals surface area contributed by atoms with Crippen LogP contribution >= 0.6 is 0 Å². The maximum absolute atomic E-state index is 12.2. The van der Waals surface area contributed by atoms with E-state index in [0.717, 1.165) is 24.6 Å². The molecule has 2 aromatic rings. The Morgan fingerprint density at radius 1 is 1.08 bits per heavy atom. The smallest absolute Gasteiger partial charge is 0.409 e. The second-order valence-corrected chi connectivity index (χ2v) is 5.82. The molecule has 1 fully saturated rings. The Labute approximate surface area is 145 Å². The molecule has 0 spiro atoms. The number of hydrogen-bond acceptors (Lipinski definition) is 4. The number of carbonyl (C=O) groups is 2. The van der Waals surface area contributed by atoms with Crippen molar-refractivity contribution in [2.45, 2.75) is 12.8 Å². The van der Waals surface area contributed by atoms with E-state index in [0.29, 0.717) is 11.3 Å². The van der Waals surface area contributed by atoms with Crippen molar-refractivity contribution >= 4 is 29.5 Å². The monoisotopic (exact) mass is 337 g/mol. The fraction of sp³-hybridized carbons (Fsp3) is 0.211. The van der Waals surface area contributed by atoms with Crippen LogP contribution < -0.4 is 10.2 Å². The molecule has 0 unspecified atom stereocenters. The van der Waals surface area contributed by atoms with Crippen molar-refractivity contribution in [1.29, 1.82) is 0 Å². The Morgan fingerprint density at radius 2 is 1.80 bits per heavy atom. The number of aromatic nitrogens is 1. The van der Waals surface area contributed by atoms with Crippen LogP contribution in [0.3, 0.4) is 0 Å². The van der Waals surface area contributed by atoms with Gasteiger partial charge in [-0.1, -0.05) is 6.07 Å². The van der Waals surface area contributed by atoms with Gasteiger partial charge in [0.25, 0.3) is 0 Å². The van der Waals surface area contributed by atoms with E-state index < -0.39 is 6.09 Å². The molecule has 2 N–H and O–H groups in total. The molecule has 0 atom stereocenters. The van der Waals surface area contributed by atoms with Crippen molar-refractivity contribution in [1.82, 2.24) is 4.98 Å². The highest BCUT2D eigenvalue weighted by atomic mass is 16.4. The van der Waals surface area contributed by atoms with Crippen molar-refractivity contribution in [2.24, 2.45) is 0 Å². The number of allylic oxidation sites excluding steroid dienone is 1. The number of nitrogens with one attached hydrogen (secondary N) is 1. The lowest BCUT2D eigenvalue weighted by Crippen LogP contribution is -2.18. The summed E-state index contributed by atoms with van der Waals surface area (Å²) >= 11 is 0. The molecule has 3 rings (SSSR count). The molecule has 1 saturated heterocycles. The molecule has 128 valence electrons. The number of amides is 1. The van der Waals surface area contributed by atoms with Gasteiger partial charge in [-0.25, -0.2) is 9.78 Å². The number of pyridine rings is 1. The van der Waals surface area contributed by atoms with Gasteiger partial charge >= 0.3 is 6.09 Å². The summed E-state index contributed by atoms with van der Waals surface area (Å²) in [4.78, 5) is 29.6. The first kappa shape index (κ1) is 16.7. The lowest BCUT2D eigenvalue weighted by molar-refractivity contribution is 0.104. The molecule has 6 heteroatoms. The number of anilines is 2. The van der Waals surface area contributed by atoms with E-state index in [1.807, 2.05) is 18.2 Å². The molecule has 1 aliphatic heterocycles. The molecule has 1 aromatic carbocycles. The number of rotatable bonds is 5. The van der Waals surface area contributed by atoms with Crippen molar-refractivity contribution in [3.63, 3.8) is 0 Å². The van der Waals surface area contributed by atoms with E-state index in [1.165, 1.54) is 18.9 Å². The third-order valence-corrected chi connectivity index (χ3v) is 4.01. The molecule has 1 aromatic heterocycles. The van der Waals surface area contributed by atoms with E-state index >= 15 is 0 Å². The molecule has 0 radical (unpaired) electrons. The summed E-state index contributed by atoms with van der Waals surface area (Å²) in [6.45, 7) is 2.05. The van der Waals surface area contributed by atoms with Crippen LogP contribution in [0.5, 0.6) is 0 Å². The fourth-order valence-electron chi connectivity index (χ4n) is 2.75. The predicted molar refractivity (Wildman–Crippen MR) is 97.1 cm³/mol. The first-order chi connectivity index (χ1) is 12.1. The second kappa shape index (κ2) is 7.61. The minimum absolute atomic E-state index is 0.157. The lowest BCUT2D eigenvalue weighted by atomic mass is 10.1. The molecule has 1 aliphatic rings. The van der Waals surface area contributed by atoms with Gasteiger partial charge in [0.05, 0.1) is 5.69 Å². The Kier molecular flexibility index (Phi) is 5.09. The Morgan fingerprint density at radius 3 is 2.48 bits per heavy atom. The highest BCUT2D eigenvalue weighted by molar-refractivity contribution is 6.07. The number of carboxylic acid groups (broad SMARTS) is 1. The van der Waals surface area contributed by atoms with Crippen LogP contribution in [0.15, 0.2) is 48.5 Å². The molecule has 0 bridgehead atoms. The largest absolute Gasteiger partial charge is 0.465 e. The highest BCUT2D eigenvalue weighted by Crippen LogP contribution is 2.18. The first-order valence-electron chi connectivity index (χ1n) is 8.16. The number of carbonyl (C=O) groups excluding carboxylic acids is 1. The number of hydrogen-bond donors (Lipinski definition) is 2. The molecular formula is C19H19N3O3. The van der Waals surface area contributed by atoms with Crippen LogP contribution in [0.25, 0.3) is 6.08 Å². The minimum Gasteiger partial charge on any atom is -0.465 e. The summed E-state index contributed by atoms with van der Waals surface area (Å²) in [5.74, 6) is 0.784. The maximum atomic E-state index is 12.2. The topological polar surface area (TPSA) is 82.5 Å². The van der Waals surface area contributed by atoms with Gasteiger partial charge in [0, 0.05) is 24.3 Å². The first-order valence-corrected chi connectivity index (χ1v) is 8.16. The summed E-state index contributed by atoms with van der Waals surface area (Å²) in [6, 6.07) is 12.1. The predicted octanol–water partition coefficient (Wildman–Crippen LogP) is 3.67. The van der Waals surface area contributed by atoms with E-state index in [2.05, 4.69) is 15.2 Å². The maximum Gasteiger partial charge on any atom is 0.409 e. The van der Waals surface area contributed by atoms with Crippen LogP contribution in [-0.2, 0) is 0 Å². The summed E-state index contributed by atoms with van der Waals surface area (Å²) in [7, 11) is 0. The number of nitrogens with zero attached hydrogens (tertiary/aromatic N) is 2. The number of benzene rings is 1. The Bertz CT molecular complexity index is 794. The molecule has 1 amide bonds. The van der Waals surface area contributed by atoms with Gasteiger partial charge in [0.2, 0.25) is 0 Å². The summed E-state index contributed by atoms with van der Waals surface area (Å²) in [5, 5.41) is 10.9. The minimum atomic E-state index is -1.14. The molecule has 0 aliphatic carbocycles. The molecule has 2 heterocycles. The Balaban J connectivity index is 1.67. The van der Waals surface area contributed by atoms with Gasteiger partial charge < -0.3 is 10.0 Å². The lowest BCUT2D eigenvalue weighted by Gasteiger charge is -2.16. The highest BCUT2D eigenvalue weighted by Gasteiger charge is 2.13. The average Bonchev–Trinajstić information content (AvgIpc) is 3.15. The summed E-state index contributed by atoms with van der Waals surface area (Å²) in [6.07, 6.45) is 4.42. The third-order valence-electron chi connectivity index (χ3n) is 4.01. The van der Waals surface area contributed by atoms with E-state index in [9.17, 15) is 9.59 Å². The van der Waals surface area contributed by atoms with Gasteiger partial charge in [-0.05, 0) is 61.4 Å². The third kappa shape index (κ3) is 4.44. The van der Waals surface area contributed by atoms with Crippen LogP contribution in [0.1, 0.15) is 28.9 Å². The van der Waals surface area contributed by atoms with E-state index in [4.69, 9.17) is 5.11 Å². The SMILES string of the molecule is O=C(O)Nc1ccc(C(=O)/C=C/c2cccc(N3CCCC3)n2)cc1. The quantitative estimate of drug-likeness (QED) is 0.642. The zero-order valence-corrected chi connectivity index (χ0v) is 13.7. The van der Waals surface area contributed by atoms with Gasteiger partial charge in [-0.2, -0.15) is 0 Å². The van der Waals surface area contributed by atoms with Crippen LogP contribution in [-0.4, -0.2) is 35.1 Å².